The summed E-state index contributed by atoms with van der Waals surface area (Å²) in [7, 11) is 0. The van der Waals surface area contributed by atoms with Crippen molar-refractivity contribution in [2.24, 2.45) is 5.73 Å². The molecule has 3 N–H and O–H groups in total. The first kappa shape index (κ1) is 10.2. The summed E-state index contributed by atoms with van der Waals surface area (Å²) in [5, 5.41) is 2.74. The van der Waals surface area contributed by atoms with E-state index in [1.165, 1.54) is 0 Å². The summed E-state index contributed by atoms with van der Waals surface area (Å²) in [5.74, 6) is -0.119. The highest BCUT2D eigenvalue weighted by atomic mass is 16.5. The lowest BCUT2D eigenvalue weighted by Gasteiger charge is -2.14. The third-order valence-corrected chi connectivity index (χ3v) is 1.89. The SMILES string of the molecule is C[C@H](N)C(=O)NCC1=CCCOC1. The third-order valence-electron chi connectivity index (χ3n) is 1.89. The molecule has 0 spiro atoms. The van der Waals surface area contributed by atoms with Crippen molar-refractivity contribution < 1.29 is 9.53 Å². The molecule has 4 heteroatoms. The van der Waals surface area contributed by atoms with Gasteiger partial charge in [0.25, 0.3) is 0 Å². The van der Waals surface area contributed by atoms with E-state index in [1.807, 2.05) is 0 Å². The Morgan fingerprint density at radius 3 is 3.15 bits per heavy atom. The van der Waals surface area contributed by atoms with Gasteiger partial charge in [0.1, 0.15) is 0 Å². The molecule has 1 amide bonds. The van der Waals surface area contributed by atoms with E-state index in [0.29, 0.717) is 13.2 Å². The van der Waals surface area contributed by atoms with Crippen LogP contribution in [0.1, 0.15) is 13.3 Å². The lowest BCUT2D eigenvalue weighted by atomic mass is 10.2. The van der Waals surface area contributed by atoms with Crippen LogP contribution in [-0.2, 0) is 9.53 Å². The lowest BCUT2D eigenvalue weighted by Crippen LogP contribution is -2.39. The Kier molecular flexibility index (Phi) is 3.92. The quantitative estimate of drug-likeness (QED) is 0.597. The van der Waals surface area contributed by atoms with E-state index in [1.54, 1.807) is 6.92 Å². The van der Waals surface area contributed by atoms with E-state index >= 15 is 0 Å². The largest absolute Gasteiger partial charge is 0.377 e. The highest BCUT2D eigenvalue weighted by molar-refractivity contribution is 5.81. The van der Waals surface area contributed by atoms with Crippen molar-refractivity contribution >= 4 is 5.91 Å². The molecule has 0 bridgehead atoms. The predicted octanol–water partition coefficient (Wildman–Crippen LogP) is -0.203. The van der Waals surface area contributed by atoms with Crippen LogP contribution in [0.15, 0.2) is 11.6 Å². The fraction of sp³-hybridized carbons (Fsp3) is 0.667. The van der Waals surface area contributed by atoms with Gasteiger partial charge in [-0.25, -0.2) is 0 Å². The molecule has 4 nitrogen and oxygen atoms in total. The van der Waals surface area contributed by atoms with E-state index in [9.17, 15) is 4.79 Å². The van der Waals surface area contributed by atoms with Gasteiger partial charge in [-0.3, -0.25) is 4.79 Å². The van der Waals surface area contributed by atoms with Crippen LogP contribution in [0.2, 0.25) is 0 Å². The predicted molar refractivity (Wildman–Crippen MR) is 50.2 cm³/mol. The summed E-state index contributed by atoms with van der Waals surface area (Å²) in [4.78, 5) is 11.1. The van der Waals surface area contributed by atoms with Crippen LogP contribution in [0.3, 0.4) is 0 Å². The van der Waals surface area contributed by atoms with Crippen molar-refractivity contribution in [1.82, 2.24) is 5.32 Å². The second-order valence-corrected chi connectivity index (χ2v) is 3.21. The molecule has 0 unspecified atom stereocenters. The molecular formula is C9H16N2O2. The van der Waals surface area contributed by atoms with Gasteiger partial charge in [-0.1, -0.05) is 6.08 Å². The average Bonchev–Trinajstić information content (AvgIpc) is 2.15. The Morgan fingerprint density at radius 1 is 1.85 bits per heavy atom. The first-order chi connectivity index (χ1) is 6.20. The smallest absolute Gasteiger partial charge is 0.236 e. The number of amides is 1. The molecule has 0 aliphatic carbocycles. The molecule has 74 valence electrons. The molecule has 0 fully saturated rings. The van der Waals surface area contributed by atoms with Gasteiger partial charge in [0, 0.05) is 6.54 Å². The van der Waals surface area contributed by atoms with Crippen LogP contribution < -0.4 is 11.1 Å². The molecule has 1 heterocycles. The number of nitrogens with one attached hydrogen (secondary N) is 1. The number of carbonyl (C=O) groups is 1. The van der Waals surface area contributed by atoms with Gasteiger partial charge in [-0.15, -0.1) is 0 Å². The number of nitrogens with two attached hydrogens (primary N) is 1. The van der Waals surface area contributed by atoms with Crippen LogP contribution in [0.4, 0.5) is 0 Å². The monoisotopic (exact) mass is 184 g/mol. The van der Waals surface area contributed by atoms with Crippen molar-refractivity contribution in [3.8, 4) is 0 Å². The van der Waals surface area contributed by atoms with E-state index in [-0.39, 0.29) is 5.91 Å². The molecule has 0 aromatic carbocycles. The molecule has 0 aromatic rings. The van der Waals surface area contributed by atoms with Gasteiger partial charge < -0.3 is 15.8 Å². The average molecular weight is 184 g/mol. The maximum atomic E-state index is 11.1. The van der Waals surface area contributed by atoms with Crippen molar-refractivity contribution in [1.29, 1.82) is 0 Å². The molecule has 1 atom stereocenters. The third kappa shape index (κ3) is 3.57. The first-order valence-corrected chi connectivity index (χ1v) is 4.49. The van der Waals surface area contributed by atoms with E-state index in [4.69, 9.17) is 10.5 Å². The van der Waals surface area contributed by atoms with Crippen LogP contribution in [0.5, 0.6) is 0 Å². The summed E-state index contributed by atoms with van der Waals surface area (Å²) >= 11 is 0. The standard InChI is InChI=1S/C9H16N2O2/c1-7(10)9(12)11-5-8-3-2-4-13-6-8/h3,7H,2,4-6,10H2,1H3,(H,11,12)/t7-/m0/s1. The fourth-order valence-corrected chi connectivity index (χ4v) is 1.09. The number of carbonyl (C=O) groups excluding carboxylic acids is 1. The van der Waals surface area contributed by atoms with E-state index in [0.717, 1.165) is 18.6 Å². The highest BCUT2D eigenvalue weighted by Crippen LogP contribution is 2.03. The van der Waals surface area contributed by atoms with Crippen LogP contribution in [0, 0.1) is 0 Å². The molecule has 0 radical (unpaired) electrons. The van der Waals surface area contributed by atoms with E-state index in [2.05, 4.69) is 11.4 Å². The van der Waals surface area contributed by atoms with Crippen LogP contribution >= 0.6 is 0 Å². The minimum Gasteiger partial charge on any atom is -0.377 e. The Hall–Kier alpha value is -0.870. The number of ether oxygens (including phenoxy) is 1. The van der Waals surface area contributed by atoms with Gasteiger partial charge in [-0.05, 0) is 18.9 Å². The van der Waals surface area contributed by atoms with Crippen LogP contribution in [0.25, 0.3) is 0 Å². The van der Waals surface area contributed by atoms with Crippen LogP contribution in [-0.4, -0.2) is 31.7 Å². The normalized spacial score (nSPS) is 19.1. The zero-order valence-corrected chi connectivity index (χ0v) is 7.88. The molecule has 13 heavy (non-hydrogen) atoms. The molecule has 1 rings (SSSR count). The van der Waals surface area contributed by atoms with Gasteiger partial charge in [-0.2, -0.15) is 0 Å². The minimum absolute atomic E-state index is 0.119. The lowest BCUT2D eigenvalue weighted by molar-refractivity contribution is -0.121. The number of hydrogen-bond acceptors (Lipinski definition) is 3. The fourth-order valence-electron chi connectivity index (χ4n) is 1.09. The topological polar surface area (TPSA) is 64.4 Å². The molecule has 1 aliphatic heterocycles. The molecule has 1 aliphatic rings. The molecular weight excluding hydrogens is 168 g/mol. The first-order valence-electron chi connectivity index (χ1n) is 4.49. The minimum atomic E-state index is -0.440. The summed E-state index contributed by atoms with van der Waals surface area (Å²) in [5.41, 5.74) is 6.51. The summed E-state index contributed by atoms with van der Waals surface area (Å²) in [6.07, 6.45) is 3.04. The van der Waals surface area contributed by atoms with Crippen molar-refractivity contribution in [2.75, 3.05) is 19.8 Å². The van der Waals surface area contributed by atoms with Gasteiger partial charge in [0.15, 0.2) is 0 Å². The maximum Gasteiger partial charge on any atom is 0.236 e. The summed E-state index contributed by atoms with van der Waals surface area (Å²) in [6, 6.07) is -0.440. The number of rotatable bonds is 3. The highest BCUT2D eigenvalue weighted by Gasteiger charge is 2.08. The van der Waals surface area contributed by atoms with E-state index < -0.39 is 6.04 Å². The Bertz CT molecular complexity index is 212. The Labute approximate surface area is 78.1 Å². The molecule has 0 saturated carbocycles. The summed E-state index contributed by atoms with van der Waals surface area (Å²) in [6.45, 7) is 3.63. The second-order valence-electron chi connectivity index (χ2n) is 3.21. The van der Waals surface area contributed by atoms with Crippen molar-refractivity contribution in [2.45, 2.75) is 19.4 Å². The maximum absolute atomic E-state index is 11.1. The molecule has 0 saturated heterocycles. The number of hydrogen-bond donors (Lipinski definition) is 2. The van der Waals surface area contributed by atoms with Gasteiger partial charge in [0.05, 0.1) is 19.3 Å². The Balaban J connectivity index is 2.25. The van der Waals surface area contributed by atoms with Gasteiger partial charge in [0.2, 0.25) is 5.91 Å². The second kappa shape index (κ2) is 4.99. The summed E-state index contributed by atoms with van der Waals surface area (Å²) < 4.78 is 5.22. The van der Waals surface area contributed by atoms with Crippen molar-refractivity contribution in [3.05, 3.63) is 11.6 Å². The molecule has 0 aromatic heterocycles. The Morgan fingerprint density at radius 2 is 2.62 bits per heavy atom. The van der Waals surface area contributed by atoms with Gasteiger partial charge >= 0.3 is 0 Å². The zero-order chi connectivity index (χ0) is 9.68. The van der Waals surface area contributed by atoms with Crippen molar-refractivity contribution in [3.63, 3.8) is 0 Å². The zero-order valence-electron chi connectivity index (χ0n) is 7.88.